The van der Waals surface area contributed by atoms with Crippen LogP contribution < -0.4 is 24.3 Å². The third-order valence-electron chi connectivity index (χ3n) is 4.74. The lowest BCUT2D eigenvalue weighted by Gasteiger charge is -2.14. The molecule has 5 nitrogen and oxygen atoms in total. The van der Waals surface area contributed by atoms with Gasteiger partial charge in [-0.2, -0.15) is 0 Å². The summed E-state index contributed by atoms with van der Waals surface area (Å²) in [6, 6.07) is 20.0. The lowest BCUT2D eigenvalue weighted by atomic mass is 10.1. The van der Waals surface area contributed by atoms with Crippen LogP contribution >= 0.6 is 0 Å². The number of benzene rings is 3. The zero-order chi connectivity index (χ0) is 19.3. The van der Waals surface area contributed by atoms with Gasteiger partial charge in [-0.3, -0.25) is 0 Å². The number of ether oxygens (including phenoxy) is 4. The molecule has 5 heteroatoms. The van der Waals surface area contributed by atoms with Gasteiger partial charge >= 0.3 is 0 Å². The highest BCUT2D eigenvalue weighted by Gasteiger charge is 2.13. The quantitative estimate of drug-likeness (QED) is 0.633. The second-order valence-corrected chi connectivity index (χ2v) is 6.62. The van der Waals surface area contributed by atoms with Crippen molar-refractivity contribution >= 4 is 5.69 Å². The van der Waals surface area contributed by atoms with Crippen LogP contribution in [0.5, 0.6) is 23.0 Å². The van der Waals surface area contributed by atoms with E-state index in [1.54, 1.807) is 7.11 Å². The Morgan fingerprint density at radius 2 is 1.79 bits per heavy atom. The number of anilines is 1. The Labute approximate surface area is 164 Å². The van der Waals surface area contributed by atoms with E-state index < -0.39 is 0 Å². The van der Waals surface area contributed by atoms with Crippen LogP contribution in [0.2, 0.25) is 0 Å². The van der Waals surface area contributed by atoms with Crippen LogP contribution in [0.25, 0.3) is 0 Å². The zero-order valence-corrected chi connectivity index (χ0v) is 16.0. The fraction of sp³-hybridized carbons (Fsp3) is 0.217. The van der Waals surface area contributed by atoms with Crippen LogP contribution in [0.15, 0.2) is 60.7 Å². The first kappa shape index (κ1) is 18.0. The number of nitrogens with one attached hydrogen (secondary N) is 1. The fourth-order valence-corrected chi connectivity index (χ4v) is 3.08. The molecule has 3 aromatic carbocycles. The van der Waals surface area contributed by atoms with Gasteiger partial charge < -0.3 is 24.3 Å². The van der Waals surface area contributed by atoms with Crippen LogP contribution in [0.3, 0.4) is 0 Å². The van der Waals surface area contributed by atoms with Crippen LogP contribution in [0.1, 0.15) is 16.7 Å². The van der Waals surface area contributed by atoms with E-state index in [-0.39, 0.29) is 6.79 Å². The molecule has 1 aliphatic rings. The summed E-state index contributed by atoms with van der Waals surface area (Å²) >= 11 is 0. The van der Waals surface area contributed by atoms with Crippen molar-refractivity contribution in [1.29, 1.82) is 0 Å². The van der Waals surface area contributed by atoms with Crippen molar-refractivity contribution in [1.82, 2.24) is 0 Å². The highest BCUT2D eigenvalue weighted by molar-refractivity contribution is 5.56. The molecule has 0 amide bonds. The van der Waals surface area contributed by atoms with Gasteiger partial charge in [0.15, 0.2) is 23.0 Å². The van der Waals surface area contributed by atoms with E-state index in [0.29, 0.717) is 13.2 Å². The average molecular weight is 377 g/mol. The number of hydrogen-bond acceptors (Lipinski definition) is 5. The van der Waals surface area contributed by atoms with Crippen LogP contribution in [-0.2, 0) is 13.2 Å². The topological polar surface area (TPSA) is 49.0 Å². The summed E-state index contributed by atoms with van der Waals surface area (Å²) in [6.07, 6.45) is 0. The zero-order valence-electron chi connectivity index (χ0n) is 16.0. The second-order valence-electron chi connectivity index (χ2n) is 6.62. The van der Waals surface area contributed by atoms with Gasteiger partial charge in [0.25, 0.3) is 0 Å². The smallest absolute Gasteiger partial charge is 0.231 e. The van der Waals surface area contributed by atoms with E-state index in [4.69, 9.17) is 18.9 Å². The van der Waals surface area contributed by atoms with E-state index in [2.05, 4.69) is 24.4 Å². The van der Waals surface area contributed by atoms with Gasteiger partial charge in [0.1, 0.15) is 6.61 Å². The molecule has 0 unspecified atom stereocenters. The molecule has 0 aliphatic carbocycles. The van der Waals surface area contributed by atoms with Gasteiger partial charge in [-0.15, -0.1) is 0 Å². The minimum absolute atomic E-state index is 0.278. The molecule has 4 rings (SSSR count). The average Bonchev–Trinajstić information content (AvgIpc) is 3.20. The fourth-order valence-electron chi connectivity index (χ4n) is 3.08. The Hall–Kier alpha value is -3.34. The molecule has 0 saturated heterocycles. The van der Waals surface area contributed by atoms with E-state index in [0.717, 1.165) is 39.8 Å². The molecule has 28 heavy (non-hydrogen) atoms. The summed E-state index contributed by atoms with van der Waals surface area (Å²) in [5.41, 5.74) is 4.45. The molecule has 1 N–H and O–H groups in total. The highest BCUT2D eigenvalue weighted by Crippen LogP contribution is 2.34. The normalized spacial score (nSPS) is 11.9. The van der Waals surface area contributed by atoms with Gasteiger partial charge in [-0.05, 0) is 47.9 Å². The van der Waals surface area contributed by atoms with Gasteiger partial charge in [0, 0.05) is 18.3 Å². The molecule has 0 bridgehead atoms. The SMILES string of the molecule is COc1cc(CNc2ccc3c(c2)OCO3)ccc1OCc1ccccc1C. The van der Waals surface area contributed by atoms with E-state index >= 15 is 0 Å². The molecule has 1 aliphatic heterocycles. The standard InChI is InChI=1S/C23H23NO4/c1-16-5-3-4-6-18(16)14-26-20-9-7-17(11-22(20)25-2)13-24-19-8-10-21-23(12-19)28-15-27-21/h3-12,24H,13-15H2,1-2H3. The number of hydrogen-bond donors (Lipinski definition) is 1. The molecule has 0 saturated carbocycles. The number of rotatable bonds is 7. The van der Waals surface area contributed by atoms with Crippen molar-refractivity contribution < 1.29 is 18.9 Å². The highest BCUT2D eigenvalue weighted by atomic mass is 16.7. The Morgan fingerprint density at radius 1 is 0.929 bits per heavy atom. The summed E-state index contributed by atoms with van der Waals surface area (Å²) < 4.78 is 22.3. The lowest BCUT2D eigenvalue weighted by molar-refractivity contribution is 0.174. The first-order valence-corrected chi connectivity index (χ1v) is 9.20. The van der Waals surface area contributed by atoms with Crippen molar-refractivity contribution in [3.63, 3.8) is 0 Å². The van der Waals surface area contributed by atoms with Gasteiger partial charge in [0.2, 0.25) is 6.79 Å². The number of methoxy groups -OCH3 is 1. The van der Waals surface area contributed by atoms with Gasteiger partial charge in [0.05, 0.1) is 7.11 Å². The molecule has 0 fully saturated rings. The maximum absolute atomic E-state index is 5.99. The monoisotopic (exact) mass is 377 g/mol. The minimum atomic E-state index is 0.278. The molecule has 144 valence electrons. The van der Waals surface area contributed by atoms with Crippen molar-refractivity contribution in [2.75, 3.05) is 19.2 Å². The molecule has 1 heterocycles. The third kappa shape index (κ3) is 3.98. The molecule has 0 spiro atoms. The summed E-state index contributed by atoms with van der Waals surface area (Å²) in [4.78, 5) is 0. The Morgan fingerprint density at radius 3 is 2.64 bits per heavy atom. The molecule has 3 aromatic rings. The van der Waals surface area contributed by atoms with Crippen LogP contribution in [0.4, 0.5) is 5.69 Å². The first-order chi connectivity index (χ1) is 13.7. The summed E-state index contributed by atoms with van der Waals surface area (Å²) in [7, 11) is 1.66. The van der Waals surface area contributed by atoms with Gasteiger partial charge in [-0.1, -0.05) is 30.3 Å². The van der Waals surface area contributed by atoms with Crippen LogP contribution in [0, 0.1) is 6.92 Å². The maximum atomic E-state index is 5.99. The second kappa shape index (κ2) is 8.13. The Bertz CT molecular complexity index is 971. The van der Waals surface area contributed by atoms with E-state index in [1.807, 2.05) is 48.5 Å². The molecule has 0 aromatic heterocycles. The largest absolute Gasteiger partial charge is 0.493 e. The lowest BCUT2D eigenvalue weighted by Crippen LogP contribution is -2.02. The minimum Gasteiger partial charge on any atom is -0.493 e. The third-order valence-corrected chi connectivity index (χ3v) is 4.74. The van der Waals surface area contributed by atoms with E-state index in [1.165, 1.54) is 5.56 Å². The summed E-state index contributed by atoms with van der Waals surface area (Å²) in [5, 5.41) is 3.39. The Balaban J connectivity index is 1.41. The van der Waals surface area contributed by atoms with Gasteiger partial charge in [-0.25, -0.2) is 0 Å². The predicted octanol–water partition coefficient (Wildman–Crippen LogP) is 4.92. The van der Waals surface area contributed by atoms with Crippen molar-refractivity contribution in [2.45, 2.75) is 20.1 Å². The Kier molecular flexibility index (Phi) is 5.24. The number of aryl methyl sites for hydroxylation is 1. The van der Waals surface area contributed by atoms with Crippen molar-refractivity contribution in [3.05, 3.63) is 77.4 Å². The van der Waals surface area contributed by atoms with Crippen LogP contribution in [-0.4, -0.2) is 13.9 Å². The predicted molar refractivity (Wildman–Crippen MR) is 108 cm³/mol. The first-order valence-electron chi connectivity index (χ1n) is 9.20. The summed E-state index contributed by atoms with van der Waals surface area (Å²) in [6.45, 7) is 3.53. The number of fused-ring (bicyclic) bond motifs is 1. The van der Waals surface area contributed by atoms with E-state index in [9.17, 15) is 0 Å². The maximum Gasteiger partial charge on any atom is 0.231 e. The molecule has 0 radical (unpaired) electrons. The summed E-state index contributed by atoms with van der Waals surface area (Å²) in [5.74, 6) is 3.00. The molecular weight excluding hydrogens is 354 g/mol. The van der Waals surface area contributed by atoms with Crippen molar-refractivity contribution in [3.8, 4) is 23.0 Å². The molecular formula is C23H23NO4. The molecule has 0 atom stereocenters. The van der Waals surface area contributed by atoms with Crippen molar-refractivity contribution in [2.24, 2.45) is 0 Å².